The summed E-state index contributed by atoms with van der Waals surface area (Å²) in [6, 6.07) is 0. The molecule has 0 bridgehead atoms. The number of hydrogen-bond acceptors (Lipinski definition) is 5. The minimum Gasteiger partial charge on any atom is -0.384 e. The quantitative estimate of drug-likeness (QED) is 0.647. The largest absolute Gasteiger partial charge is 0.384 e. The standard InChI is InChI=1S/C11H21N5O2/c1-15(2)5-6-16-10(4-7-18-3)9(13-14-16)8-11(12)17/h4-8H2,1-3H3,(H2,12,17). The van der Waals surface area contributed by atoms with Crippen LogP contribution in [-0.2, 0) is 28.9 Å². The Morgan fingerprint density at radius 2 is 2.22 bits per heavy atom. The molecule has 7 heteroatoms. The molecule has 2 N–H and O–H groups in total. The molecule has 1 rings (SSSR count). The molecule has 102 valence electrons. The lowest BCUT2D eigenvalue weighted by atomic mass is 10.2. The number of aromatic nitrogens is 3. The Morgan fingerprint density at radius 1 is 1.50 bits per heavy atom. The maximum atomic E-state index is 11.0. The molecule has 0 aliphatic rings. The fraction of sp³-hybridized carbons (Fsp3) is 0.727. The number of amides is 1. The fourth-order valence-electron chi connectivity index (χ4n) is 1.62. The van der Waals surface area contributed by atoms with E-state index in [2.05, 4.69) is 15.2 Å². The smallest absolute Gasteiger partial charge is 0.223 e. The summed E-state index contributed by atoms with van der Waals surface area (Å²) in [5.74, 6) is -0.395. The van der Waals surface area contributed by atoms with Crippen LogP contribution < -0.4 is 5.73 Å². The average molecular weight is 255 g/mol. The highest BCUT2D eigenvalue weighted by Gasteiger charge is 2.14. The minimum atomic E-state index is -0.395. The van der Waals surface area contributed by atoms with Crippen molar-refractivity contribution in [3.05, 3.63) is 11.4 Å². The number of ether oxygens (including phenoxy) is 1. The molecule has 1 aromatic rings. The first-order valence-electron chi connectivity index (χ1n) is 5.87. The van der Waals surface area contributed by atoms with Gasteiger partial charge in [-0.1, -0.05) is 5.21 Å². The monoisotopic (exact) mass is 255 g/mol. The van der Waals surface area contributed by atoms with Gasteiger partial charge in [-0.05, 0) is 14.1 Å². The van der Waals surface area contributed by atoms with E-state index in [1.165, 1.54) is 0 Å². The summed E-state index contributed by atoms with van der Waals surface area (Å²) in [5, 5.41) is 8.10. The number of nitrogens with two attached hydrogens (primary N) is 1. The highest BCUT2D eigenvalue weighted by molar-refractivity contribution is 5.76. The summed E-state index contributed by atoms with van der Waals surface area (Å²) in [5.41, 5.74) is 6.78. The van der Waals surface area contributed by atoms with E-state index in [0.717, 1.165) is 18.8 Å². The van der Waals surface area contributed by atoms with Gasteiger partial charge >= 0.3 is 0 Å². The second-order valence-corrected chi connectivity index (χ2v) is 4.40. The van der Waals surface area contributed by atoms with Gasteiger partial charge in [-0.3, -0.25) is 4.79 Å². The van der Waals surface area contributed by atoms with Gasteiger partial charge in [0.15, 0.2) is 0 Å². The van der Waals surface area contributed by atoms with Crippen LogP contribution in [0.25, 0.3) is 0 Å². The van der Waals surface area contributed by atoms with Gasteiger partial charge in [-0.15, -0.1) is 5.10 Å². The Labute approximate surface area is 107 Å². The van der Waals surface area contributed by atoms with Crippen molar-refractivity contribution in [1.29, 1.82) is 0 Å². The zero-order valence-electron chi connectivity index (χ0n) is 11.2. The van der Waals surface area contributed by atoms with Crippen molar-refractivity contribution in [1.82, 2.24) is 19.9 Å². The predicted octanol–water partition coefficient (Wildman–Crippen LogP) is -0.944. The van der Waals surface area contributed by atoms with Gasteiger partial charge in [0.05, 0.1) is 31.0 Å². The number of hydrogen-bond donors (Lipinski definition) is 1. The van der Waals surface area contributed by atoms with E-state index in [1.807, 2.05) is 18.8 Å². The lowest BCUT2D eigenvalue weighted by molar-refractivity contribution is -0.117. The molecule has 1 heterocycles. The minimum absolute atomic E-state index is 0.126. The Morgan fingerprint density at radius 3 is 2.78 bits per heavy atom. The number of carbonyl (C=O) groups is 1. The molecule has 0 spiro atoms. The van der Waals surface area contributed by atoms with Crippen molar-refractivity contribution in [2.24, 2.45) is 5.73 Å². The molecule has 1 aromatic heterocycles. The maximum Gasteiger partial charge on any atom is 0.223 e. The lowest BCUT2D eigenvalue weighted by Gasteiger charge is -2.11. The third-order valence-electron chi connectivity index (χ3n) is 2.56. The predicted molar refractivity (Wildman–Crippen MR) is 67.1 cm³/mol. The fourth-order valence-corrected chi connectivity index (χ4v) is 1.62. The van der Waals surface area contributed by atoms with E-state index in [0.29, 0.717) is 18.7 Å². The van der Waals surface area contributed by atoms with E-state index in [-0.39, 0.29) is 6.42 Å². The molecule has 1 amide bonds. The van der Waals surface area contributed by atoms with E-state index in [9.17, 15) is 4.79 Å². The Balaban J connectivity index is 2.80. The Kier molecular flexibility index (Phi) is 5.73. The molecule has 0 saturated carbocycles. The van der Waals surface area contributed by atoms with Crippen molar-refractivity contribution in [3.63, 3.8) is 0 Å². The number of nitrogens with zero attached hydrogens (tertiary/aromatic N) is 4. The SMILES string of the molecule is COCCc1c(CC(N)=O)nnn1CCN(C)C. The highest BCUT2D eigenvalue weighted by atomic mass is 16.5. The van der Waals surface area contributed by atoms with Crippen molar-refractivity contribution >= 4 is 5.91 Å². The molecule has 0 saturated heterocycles. The van der Waals surface area contributed by atoms with E-state index < -0.39 is 5.91 Å². The number of primary amides is 1. The van der Waals surface area contributed by atoms with E-state index >= 15 is 0 Å². The van der Waals surface area contributed by atoms with E-state index in [4.69, 9.17) is 10.5 Å². The van der Waals surface area contributed by atoms with Gasteiger partial charge in [0.2, 0.25) is 5.91 Å². The lowest BCUT2D eigenvalue weighted by Crippen LogP contribution is -2.21. The van der Waals surface area contributed by atoms with Gasteiger partial charge in [-0.2, -0.15) is 0 Å². The van der Waals surface area contributed by atoms with Crippen LogP contribution >= 0.6 is 0 Å². The van der Waals surface area contributed by atoms with Crippen LogP contribution in [0.3, 0.4) is 0 Å². The molecule has 0 atom stereocenters. The summed E-state index contributed by atoms with van der Waals surface area (Å²) < 4.78 is 6.88. The molecule has 7 nitrogen and oxygen atoms in total. The van der Waals surface area contributed by atoms with Crippen molar-refractivity contribution in [2.45, 2.75) is 19.4 Å². The maximum absolute atomic E-state index is 11.0. The normalized spacial score (nSPS) is 11.1. The highest BCUT2D eigenvalue weighted by Crippen LogP contribution is 2.08. The van der Waals surface area contributed by atoms with Crippen LogP contribution in [0.1, 0.15) is 11.4 Å². The molecule has 0 fully saturated rings. The third-order valence-corrected chi connectivity index (χ3v) is 2.56. The second-order valence-electron chi connectivity index (χ2n) is 4.40. The average Bonchev–Trinajstić information content (AvgIpc) is 2.65. The number of carbonyl (C=O) groups excluding carboxylic acids is 1. The molecule has 0 aliphatic heterocycles. The number of methoxy groups -OCH3 is 1. The Bertz CT molecular complexity index is 389. The molecule has 0 unspecified atom stereocenters. The van der Waals surface area contributed by atoms with Crippen molar-refractivity contribution in [2.75, 3.05) is 34.4 Å². The molecule has 0 aliphatic carbocycles. The Hall–Kier alpha value is -1.47. The van der Waals surface area contributed by atoms with E-state index in [1.54, 1.807) is 7.11 Å². The van der Waals surface area contributed by atoms with Crippen LogP contribution in [0.4, 0.5) is 0 Å². The first kappa shape index (κ1) is 14.6. The van der Waals surface area contributed by atoms with Crippen LogP contribution in [0.15, 0.2) is 0 Å². The van der Waals surface area contributed by atoms with Crippen LogP contribution in [0, 0.1) is 0 Å². The topological polar surface area (TPSA) is 86.3 Å². The first-order chi connectivity index (χ1) is 8.54. The molecule has 18 heavy (non-hydrogen) atoms. The van der Waals surface area contributed by atoms with Crippen molar-refractivity contribution in [3.8, 4) is 0 Å². The zero-order valence-corrected chi connectivity index (χ0v) is 11.2. The van der Waals surface area contributed by atoms with Gasteiger partial charge in [0.25, 0.3) is 0 Å². The summed E-state index contributed by atoms with van der Waals surface area (Å²) in [4.78, 5) is 13.0. The summed E-state index contributed by atoms with van der Waals surface area (Å²) in [7, 11) is 5.63. The van der Waals surface area contributed by atoms with Gasteiger partial charge in [-0.25, -0.2) is 4.68 Å². The van der Waals surface area contributed by atoms with Crippen LogP contribution in [0.5, 0.6) is 0 Å². The molecular weight excluding hydrogens is 234 g/mol. The number of likely N-dealkylation sites (N-methyl/N-ethyl adjacent to an activating group) is 1. The summed E-state index contributed by atoms with van der Waals surface area (Å²) in [6.07, 6.45) is 0.806. The summed E-state index contributed by atoms with van der Waals surface area (Å²) >= 11 is 0. The first-order valence-corrected chi connectivity index (χ1v) is 5.87. The third kappa shape index (κ3) is 4.42. The second kappa shape index (κ2) is 7.07. The van der Waals surface area contributed by atoms with Gasteiger partial charge in [0.1, 0.15) is 0 Å². The van der Waals surface area contributed by atoms with Crippen LogP contribution in [-0.4, -0.2) is 60.2 Å². The number of rotatable bonds is 8. The van der Waals surface area contributed by atoms with Gasteiger partial charge in [0, 0.05) is 20.1 Å². The zero-order chi connectivity index (χ0) is 13.5. The van der Waals surface area contributed by atoms with Gasteiger partial charge < -0.3 is 15.4 Å². The molecular formula is C11H21N5O2. The molecule has 0 radical (unpaired) electrons. The van der Waals surface area contributed by atoms with Crippen molar-refractivity contribution < 1.29 is 9.53 Å². The van der Waals surface area contributed by atoms with Crippen LogP contribution in [0.2, 0.25) is 0 Å². The summed E-state index contributed by atoms with van der Waals surface area (Å²) in [6.45, 7) is 2.16. The molecule has 0 aromatic carbocycles.